The van der Waals surface area contributed by atoms with Crippen molar-refractivity contribution in [3.63, 3.8) is 0 Å². The fourth-order valence-corrected chi connectivity index (χ4v) is 7.80. The molecule has 0 aliphatic heterocycles. The smallest absolute Gasteiger partial charge is 0.161 e. The third-order valence-corrected chi connectivity index (χ3v) is 9.86. The molecule has 0 fully saturated rings. The largest absolute Gasteiger partial charge is 0.611 e. The van der Waals surface area contributed by atoms with Gasteiger partial charge >= 0.3 is 0 Å². The van der Waals surface area contributed by atoms with Gasteiger partial charge in [0.25, 0.3) is 0 Å². The zero-order valence-corrected chi connectivity index (χ0v) is 25.1. The van der Waals surface area contributed by atoms with Crippen molar-refractivity contribution < 1.29 is 4.55 Å². The standard InChI is InChI=1S/C34H41BrOS/c1-5-8-12-21-34(22-13-9-6-2)31-18-11-10-16-29(31)30-17-14-15-26(33(30)34)23-25(4)28-20-19-27(35)24-32(28)37(36)7-3/h10-11,14-20,24H,4-9,12-13,21-23H2,1-3H3. The van der Waals surface area contributed by atoms with Crippen molar-refractivity contribution in [2.75, 3.05) is 5.75 Å². The van der Waals surface area contributed by atoms with Crippen molar-refractivity contribution in [1.29, 1.82) is 0 Å². The molecule has 37 heavy (non-hydrogen) atoms. The monoisotopic (exact) mass is 576 g/mol. The fraction of sp³-hybridized carbons (Fsp3) is 0.412. The van der Waals surface area contributed by atoms with E-state index in [1.54, 1.807) is 0 Å². The number of halogens is 1. The second-order valence-electron chi connectivity index (χ2n) is 10.4. The SMILES string of the molecule is C=C(Cc1cccc2c1C(CCCCC)(CCCCC)c1ccccc1-2)c1ccc(Br)cc1[S+]([O-])CC. The molecule has 0 radical (unpaired) electrons. The second kappa shape index (κ2) is 12.8. The van der Waals surface area contributed by atoms with Crippen LogP contribution in [0.5, 0.6) is 0 Å². The minimum Gasteiger partial charge on any atom is -0.611 e. The molecule has 1 aliphatic carbocycles. The van der Waals surface area contributed by atoms with Crippen molar-refractivity contribution >= 4 is 32.7 Å². The highest BCUT2D eigenvalue weighted by Gasteiger charge is 2.43. The van der Waals surface area contributed by atoms with E-state index in [4.69, 9.17) is 0 Å². The van der Waals surface area contributed by atoms with E-state index >= 15 is 0 Å². The highest BCUT2D eigenvalue weighted by atomic mass is 79.9. The Labute approximate surface area is 236 Å². The van der Waals surface area contributed by atoms with Crippen molar-refractivity contribution in [3.8, 4) is 11.1 Å². The van der Waals surface area contributed by atoms with E-state index in [-0.39, 0.29) is 5.41 Å². The Bertz CT molecular complexity index is 1220. The molecule has 0 amide bonds. The molecule has 196 valence electrons. The molecule has 1 aliphatic rings. The molecule has 1 nitrogen and oxygen atoms in total. The van der Waals surface area contributed by atoms with Crippen molar-refractivity contribution in [2.45, 2.75) is 88.9 Å². The Hall–Kier alpha value is -1.81. The van der Waals surface area contributed by atoms with Crippen LogP contribution in [0, 0.1) is 0 Å². The zero-order chi connectivity index (χ0) is 26.4. The van der Waals surface area contributed by atoms with E-state index in [0.29, 0.717) is 5.75 Å². The molecule has 3 heteroatoms. The van der Waals surface area contributed by atoms with E-state index < -0.39 is 11.2 Å². The number of hydrogen-bond acceptors (Lipinski definition) is 1. The highest BCUT2D eigenvalue weighted by molar-refractivity contribution is 9.10. The molecule has 0 spiro atoms. The number of unbranched alkanes of at least 4 members (excludes halogenated alkanes) is 4. The average Bonchev–Trinajstić information content (AvgIpc) is 3.19. The first-order valence-corrected chi connectivity index (χ1v) is 16.2. The van der Waals surface area contributed by atoms with Gasteiger partial charge in [-0.25, -0.2) is 0 Å². The molecular formula is C34H41BrOS. The number of benzene rings is 3. The summed E-state index contributed by atoms with van der Waals surface area (Å²) < 4.78 is 13.9. The number of hydrogen-bond donors (Lipinski definition) is 0. The summed E-state index contributed by atoms with van der Waals surface area (Å²) in [4.78, 5) is 0.884. The lowest BCUT2D eigenvalue weighted by Gasteiger charge is -2.34. The molecular weight excluding hydrogens is 536 g/mol. The molecule has 1 unspecified atom stereocenters. The van der Waals surface area contributed by atoms with Gasteiger partial charge < -0.3 is 4.55 Å². The van der Waals surface area contributed by atoms with Crippen molar-refractivity contribution in [3.05, 3.63) is 94.0 Å². The summed E-state index contributed by atoms with van der Waals surface area (Å²) in [6.07, 6.45) is 10.7. The minimum absolute atomic E-state index is 0.0575. The van der Waals surface area contributed by atoms with Crippen LogP contribution in [0.25, 0.3) is 16.7 Å². The first kappa shape index (κ1) is 28.2. The van der Waals surface area contributed by atoms with E-state index in [2.05, 4.69) is 84.9 Å². The summed E-state index contributed by atoms with van der Waals surface area (Å²) in [6, 6.07) is 22.1. The van der Waals surface area contributed by atoms with Crippen LogP contribution in [0.2, 0.25) is 0 Å². The second-order valence-corrected chi connectivity index (χ2v) is 13.1. The van der Waals surface area contributed by atoms with E-state index in [9.17, 15) is 4.55 Å². The Balaban J connectivity index is 1.81. The highest BCUT2D eigenvalue weighted by Crippen LogP contribution is 2.55. The molecule has 3 aromatic rings. The lowest BCUT2D eigenvalue weighted by Crippen LogP contribution is -2.27. The van der Waals surface area contributed by atoms with Gasteiger partial charge in [-0.3, -0.25) is 0 Å². The van der Waals surface area contributed by atoms with E-state index in [0.717, 1.165) is 26.9 Å². The first-order valence-electron chi connectivity index (χ1n) is 14.0. The van der Waals surface area contributed by atoms with Gasteiger partial charge in [0.05, 0.1) is 0 Å². The van der Waals surface area contributed by atoms with E-state index in [1.807, 2.05) is 19.1 Å². The third kappa shape index (κ3) is 5.79. The maximum Gasteiger partial charge on any atom is 0.161 e. The predicted molar refractivity (Wildman–Crippen MR) is 165 cm³/mol. The molecule has 0 heterocycles. The molecule has 0 saturated heterocycles. The Morgan fingerprint density at radius 2 is 1.54 bits per heavy atom. The van der Waals surface area contributed by atoms with Crippen molar-refractivity contribution in [1.82, 2.24) is 0 Å². The lowest BCUT2D eigenvalue weighted by molar-refractivity contribution is 0.403. The molecule has 0 aromatic heterocycles. The molecule has 3 aromatic carbocycles. The number of allylic oxidation sites excluding steroid dienone is 1. The van der Waals surface area contributed by atoms with Crippen LogP contribution in [-0.2, 0) is 23.0 Å². The fourth-order valence-electron chi connectivity index (χ4n) is 6.26. The Morgan fingerprint density at radius 1 is 0.865 bits per heavy atom. The van der Waals surface area contributed by atoms with Crippen LogP contribution in [0.15, 0.2) is 76.6 Å². The summed E-state index contributed by atoms with van der Waals surface area (Å²) in [5.74, 6) is 0.602. The van der Waals surface area contributed by atoms with Gasteiger partial charge in [0.15, 0.2) is 4.90 Å². The number of rotatable bonds is 13. The quantitative estimate of drug-likeness (QED) is 0.146. The third-order valence-electron chi connectivity index (χ3n) is 8.01. The molecule has 0 saturated carbocycles. The Morgan fingerprint density at radius 3 is 2.22 bits per heavy atom. The molecule has 0 bridgehead atoms. The summed E-state index contributed by atoms with van der Waals surface area (Å²) in [5, 5.41) is 0. The van der Waals surface area contributed by atoms with Gasteiger partial charge in [0.1, 0.15) is 5.75 Å². The maximum atomic E-state index is 12.9. The van der Waals surface area contributed by atoms with Crippen LogP contribution >= 0.6 is 15.9 Å². The summed E-state index contributed by atoms with van der Waals surface area (Å²) in [5.41, 5.74) is 9.37. The van der Waals surface area contributed by atoms with Crippen LogP contribution in [0.3, 0.4) is 0 Å². The van der Waals surface area contributed by atoms with Gasteiger partial charge in [-0.05, 0) is 82.9 Å². The topological polar surface area (TPSA) is 23.1 Å². The molecule has 4 rings (SSSR count). The summed E-state index contributed by atoms with van der Waals surface area (Å²) >= 11 is 2.54. The van der Waals surface area contributed by atoms with Crippen LogP contribution < -0.4 is 0 Å². The van der Waals surface area contributed by atoms with Gasteiger partial charge in [0, 0.05) is 21.5 Å². The van der Waals surface area contributed by atoms with Crippen LogP contribution in [-0.4, -0.2) is 10.3 Å². The zero-order valence-electron chi connectivity index (χ0n) is 22.7. The molecule has 1 atom stereocenters. The van der Waals surface area contributed by atoms with Gasteiger partial charge in [0.2, 0.25) is 0 Å². The summed E-state index contributed by atoms with van der Waals surface area (Å²) in [7, 11) is 0. The minimum atomic E-state index is -1.04. The van der Waals surface area contributed by atoms with Gasteiger partial charge in [-0.1, -0.05) is 117 Å². The Kier molecular flexibility index (Phi) is 9.78. The predicted octanol–water partition coefficient (Wildman–Crippen LogP) is 10.3. The summed E-state index contributed by atoms with van der Waals surface area (Å²) in [6.45, 7) is 11.1. The van der Waals surface area contributed by atoms with E-state index in [1.165, 1.54) is 79.2 Å². The maximum absolute atomic E-state index is 12.9. The van der Waals surface area contributed by atoms with Crippen molar-refractivity contribution in [2.24, 2.45) is 0 Å². The van der Waals surface area contributed by atoms with Gasteiger partial charge in [-0.15, -0.1) is 0 Å². The van der Waals surface area contributed by atoms with Gasteiger partial charge in [-0.2, -0.15) is 0 Å². The van der Waals surface area contributed by atoms with Crippen LogP contribution in [0.4, 0.5) is 0 Å². The first-order chi connectivity index (χ1) is 18.0. The lowest BCUT2D eigenvalue weighted by atomic mass is 9.69. The normalized spacial score (nSPS) is 14.3. The molecule has 0 N–H and O–H groups in total. The number of fused-ring (bicyclic) bond motifs is 3. The van der Waals surface area contributed by atoms with Crippen LogP contribution in [0.1, 0.15) is 94.4 Å². The average molecular weight is 578 g/mol.